The molecule has 0 spiro atoms. The summed E-state index contributed by atoms with van der Waals surface area (Å²) in [5.74, 6) is -0.126. The van der Waals surface area contributed by atoms with Gasteiger partial charge in [-0.1, -0.05) is 78.0 Å². The number of nitrogens with one attached hydrogen (secondary N) is 1. The minimum atomic E-state index is -0.388. The first kappa shape index (κ1) is 23.7. The lowest BCUT2D eigenvalue weighted by atomic mass is 10.1. The van der Waals surface area contributed by atoms with Crippen LogP contribution in [-0.2, 0) is 16.0 Å². The molecule has 6 nitrogen and oxygen atoms in total. The summed E-state index contributed by atoms with van der Waals surface area (Å²) in [4.78, 5) is 24.7. The summed E-state index contributed by atoms with van der Waals surface area (Å²) in [6, 6.07) is 22.9. The molecule has 0 radical (unpaired) electrons. The topological polar surface area (TPSA) is 76.9 Å². The molecule has 0 saturated carbocycles. The van der Waals surface area contributed by atoms with Crippen LogP contribution in [-0.4, -0.2) is 32.3 Å². The first-order valence-corrected chi connectivity index (χ1v) is 12.1. The third-order valence-corrected chi connectivity index (χ3v) is 6.43. The van der Waals surface area contributed by atoms with Gasteiger partial charge >= 0.3 is 0 Å². The van der Waals surface area contributed by atoms with Gasteiger partial charge in [-0.05, 0) is 48.7 Å². The Morgan fingerprint density at radius 2 is 1.68 bits per heavy atom. The van der Waals surface area contributed by atoms with E-state index in [0.29, 0.717) is 16.0 Å². The SMILES string of the molecule is Cc1ccc(C)c(-n2c(SCC(=O)NC(=O)Cc3ccccc3)nnc2-c2ccccc2Cl)c1. The van der Waals surface area contributed by atoms with E-state index in [1.165, 1.54) is 11.8 Å². The van der Waals surface area contributed by atoms with Crippen molar-refractivity contribution in [3.63, 3.8) is 0 Å². The van der Waals surface area contributed by atoms with Gasteiger partial charge in [0.05, 0.1) is 22.9 Å². The average molecular weight is 491 g/mol. The summed E-state index contributed by atoms with van der Waals surface area (Å²) in [5, 5.41) is 12.3. The molecule has 172 valence electrons. The van der Waals surface area contributed by atoms with E-state index in [9.17, 15) is 9.59 Å². The van der Waals surface area contributed by atoms with E-state index in [4.69, 9.17) is 11.6 Å². The lowest BCUT2D eigenvalue weighted by Gasteiger charge is -2.14. The van der Waals surface area contributed by atoms with E-state index in [1.807, 2.05) is 85.1 Å². The molecular weight excluding hydrogens is 468 g/mol. The standard InChI is InChI=1S/C26H23ClN4O2S/c1-17-12-13-18(2)22(14-17)31-25(20-10-6-7-11-21(20)27)29-30-26(31)34-16-24(33)28-23(32)15-19-8-4-3-5-9-19/h3-14H,15-16H2,1-2H3,(H,28,32,33). The largest absolute Gasteiger partial charge is 0.295 e. The zero-order valence-electron chi connectivity index (χ0n) is 18.8. The van der Waals surface area contributed by atoms with Gasteiger partial charge in [0.25, 0.3) is 0 Å². The monoisotopic (exact) mass is 490 g/mol. The maximum atomic E-state index is 12.5. The lowest BCUT2D eigenvalue weighted by Crippen LogP contribution is -2.33. The van der Waals surface area contributed by atoms with Crippen molar-refractivity contribution in [3.05, 3.63) is 94.5 Å². The normalized spacial score (nSPS) is 10.8. The number of aryl methyl sites for hydroxylation is 2. The van der Waals surface area contributed by atoms with E-state index < -0.39 is 0 Å². The molecule has 34 heavy (non-hydrogen) atoms. The summed E-state index contributed by atoms with van der Waals surface area (Å²) >= 11 is 7.68. The van der Waals surface area contributed by atoms with Crippen molar-refractivity contribution >= 4 is 35.2 Å². The second kappa shape index (κ2) is 10.7. The van der Waals surface area contributed by atoms with Crippen LogP contribution in [0.3, 0.4) is 0 Å². The molecule has 0 fully saturated rings. The number of aromatic nitrogens is 3. The van der Waals surface area contributed by atoms with Gasteiger partial charge in [0.15, 0.2) is 11.0 Å². The molecule has 0 aliphatic carbocycles. The molecule has 1 aromatic heterocycles. The second-order valence-corrected chi connectivity index (χ2v) is 9.18. The molecule has 0 atom stereocenters. The number of thioether (sulfide) groups is 1. The summed E-state index contributed by atoms with van der Waals surface area (Å²) in [6.45, 7) is 4.02. The van der Waals surface area contributed by atoms with Crippen LogP contribution in [0.25, 0.3) is 17.1 Å². The van der Waals surface area contributed by atoms with Gasteiger partial charge < -0.3 is 0 Å². The first-order valence-electron chi connectivity index (χ1n) is 10.7. The molecule has 2 amide bonds. The summed E-state index contributed by atoms with van der Waals surface area (Å²) in [6.07, 6.45) is 0.145. The molecule has 0 unspecified atom stereocenters. The number of amides is 2. The first-order chi connectivity index (χ1) is 16.4. The van der Waals surface area contributed by atoms with E-state index in [-0.39, 0.29) is 24.0 Å². The van der Waals surface area contributed by atoms with E-state index in [2.05, 4.69) is 15.5 Å². The number of hydrogen-bond donors (Lipinski definition) is 1. The third-order valence-electron chi connectivity index (χ3n) is 5.17. The van der Waals surface area contributed by atoms with Crippen LogP contribution < -0.4 is 5.32 Å². The highest BCUT2D eigenvalue weighted by atomic mass is 35.5. The van der Waals surface area contributed by atoms with E-state index >= 15 is 0 Å². The molecule has 0 aliphatic rings. The quantitative estimate of drug-likeness (QED) is 0.361. The molecule has 1 N–H and O–H groups in total. The number of benzene rings is 3. The number of nitrogens with zero attached hydrogens (tertiary/aromatic N) is 3. The van der Waals surface area contributed by atoms with Crippen LogP contribution >= 0.6 is 23.4 Å². The predicted molar refractivity (Wildman–Crippen MR) is 135 cm³/mol. The Morgan fingerprint density at radius 1 is 0.941 bits per heavy atom. The number of halogens is 1. The fourth-order valence-electron chi connectivity index (χ4n) is 3.51. The summed E-state index contributed by atoms with van der Waals surface area (Å²) < 4.78 is 1.91. The highest BCUT2D eigenvalue weighted by Crippen LogP contribution is 2.33. The smallest absolute Gasteiger partial charge is 0.237 e. The molecule has 4 aromatic rings. The second-order valence-electron chi connectivity index (χ2n) is 7.83. The minimum absolute atomic E-state index is 0.0199. The Morgan fingerprint density at radius 3 is 2.44 bits per heavy atom. The fourth-order valence-corrected chi connectivity index (χ4v) is 4.47. The van der Waals surface area contributed by atoms with Crippen molar-refractivity contribution in [2.45, 2.75) is 25.4 Å². The molecule has 0 bridgehead atoms. The minimum Gasteiger partial charge on any atom is -0.295 e. The molecule has 3 aromatic carbocycles. The Kier molecular flexibility index (Phi) is 7.45. The van der Waals surface area contributed by atoms with Gasteiger partial charge in [0, 0.05) is 5.56 Å². The Bertz CT molecular complexity index is 1340. The van der Waals surface area contributed by atoms with Crippen molar-refractivity contribution < 1.29 is 9.59 Å². The van der Waals surface area contributed by atoms with Crippen LogP contribution in [0.4, 0.5) is 0 Å². The number of hydrogen-bond acceptors (Lipinski definition) is 5. The maximum Gasteiger partial charge on any atom is 0.237 e. The molecule has 4 rings (SSSR count). The van der Waals surface area contributed by atoms with Gasteiger partial charge in [0.1, 0.15) is 0 Å². The third kappa shape index (κ3) is 5.55. The average Bonchev–Trinajstić information content (AvgIpc) is 3.23. The van der Waals surface area contributed by atoms with Gasteiger partial charge in [-0.15, -0.1) is 10.2 Å². The number of carbonyl (C=O) groups is 2. The zero-order chi connectivity index (χ0) is 24.1. The van der Waals surface area contributed by atoms with Crippen LogP contribution in [0.2, 0.25) is 5.02 Å². The van der Waals surface area contributed by atoms with Crippen molar-refractivity contribution in [3.8, 4) is 17.1 Å². The maximum absolute atomic E-state index is 12.5. The number of carbonyl (C=O) groups excluding carboxylic acids is 2. The van der Waals surface area contributed by atoms with Gasteiger partial charge in [0.2, 0.25) is 11.8 Å². The Labute approximate surface area is 207 Å². The van der Waals surface area contributed by atoms with E-state index in [1.54, 1.807) is 6.07 Å². The van der Waals surface area contributed by atoms with Crippen molar-refractivity contribution in [2.75, 3.05) is 5.75 Å². The lowest BCUT2D eigenvalue weighted by molar-refractivity contribution is -0.128. The van der Waals surface area contributed by atoms with Crippen LogP contribution in [0.5, 0.6) is 0 Å². The number of rotatable bonds is 7. The molecule has 0 aliphatic heterocycles. The highest BCUT2D eigenvalue weighted by Gasteiger charge is 2.20. The van der Waals surface area contributed by atoms with Crippen molar-refractivity contribution in [1.82, 2.24) is 20.1 Å². The molecule has 8 heteroatoms. The molecule has 1 heterocycles. The summed E-state index contributed by atoms with van der Waals surface area (Å²) in [5.41, 5.74) is 4.61. The fraction of sp³-hybridized carbons (Fsp3) is 0.154. The van der Waals surface area contributed by atoms with Crippen molar-refractivity contribution in [1.29, 1.82) is 0 Å². The van der Waals surface area contributed by atoms with Crippen LogP contribution in [0.15, 0.2) is 78.0 Å². The summed E-state index contributed by atoms with van der Waals surface area (Å²) in [7, 11) is 0. The van der Waals surface area contributed by atoms with Crippen molar-refractivity contribution in [2.24, 2.45) is 0 Å². The van der Waals surface area contributed by atoms with Gasteiger partial charge in [-0.25, -0.2) is 0 Å². The highest BCUT2D eigenvalue weighted by molar-refractivity contribution is 7.99. The van der Waals surface area contributed by atoms with Crippen LogP contribution in [0, 0.1) is 13.8 Å². The van der Waals surface area contributed by atoms with Crippen LogP contribution in [0.1, 0.15) is 16.7 Å². The number of imide groups is 1. The molecular formula is C26H23ClN4O2S. The zero-order valence-corrected chi connectivity index (χ0v) is 20.4. The van der Waals surface area contributed by atoms with E-state index in [0.717, 1.165) is 27.9 Å². The van der Waals surface area contributed by atoms with Gasteiger partial charge in [-0.2, -0.15) is 0 Å². The van der Waals surface area contributed by atoms with Gasteiger partial charge in [-0.3, -0.25) is 19.5 Å². The predicted octanol–water partition coefficient (Wildman–Crippen LogP) is 5.18. The Hall–Kier alpha value is -3.42. The Balaban J connectivity index is 1.57. The molecule has 0 saturated heterocycles.